The molecule has 2 aromatic carbocycles. The van der Waals surface area contributed by atoms with Crippen molar-refractivity contribution >= 4 is 23.7 Å². The summed E-state index contributed by atoms with van der Waals surface area (Å²) >= 11 is 0. The van der Waals surface area contributed by atoms with E-state index >= 15 is 0 Å². The fourth-order valence-electron chi connectivity index (χ4n) is 4.53. The van der Waals surface area contributed by atoms with Crippen molar-refractivity contribution in [2.45, 2.75) is 73.1 Å². The predicted molar refractivity (Wildman–Crippen MR) is 160 cm³/mol. The van der Waals surface area contributed by atoms with Crippen LogP contribution in [0, 0.1) is 12.8 Å². The fourth-order valence-corrected chi connectivity index (χ4v) is 4.53. The third-order valence-corrected chi connectivity index (χ3v) is 6.31. The van der Waals surface area contributed by atoms with Gasteiger partial charge in [-0.2, -0.15) is 0 Å². The summed E-state index contributed by atoms with van der Waals surface area (Å²) in [6.07, 6.45) is 0.121. The van der Waals surface area contributed by atoms with E-state index < -0.39 is 17.7 Å². The van der Waals surface area contributed by atoms with Gasteiger partial charge in [-0.1, -0.05) is 44.2 Å². The van der Waals surface area contributed by atoms with E-state index in [1.54, 1.807) is 32.9 Å². The fraction of sp³-hybridized carbons (Fsp3) is 0.375. The zero-order valence-corrected chi connectivity index (χ0v) is 24.6. The molecule has 0 atom stereocenters. The highest BCUT2D eigenvalue weighted by molar-refractivity contribution is 5.96. The van der Waals surface area contributed by atoms with Gasteiger partial charge >= 0.3 is 12.1 Å². The Kier molecular flexibility index (Phi) is 10.2. The van der Waals surface area contributed by atoms with Crippen molar-refractivity contribution in [2.75, 3.05) is 5.32 Å². The van der Waals surface area contributed by atoms with Crippen LogP contribution in [0.5, 0.6) is 0 Å². The van der Waals surface area contributed by atoms with Crippen molar-refractivity contribution in [2.24, 2.45) is 11.7 Å². The predicted octanol–water partition coefficient (Wildman–Crippen LogP) is 5.62. The van der Waals surface area contributed by atoms with Crippen LogP contribution in [0.25, 0.3) is 11.1 Å². The molecule has 41 heavy (non-hydrogen) atoms. The molecule has 0 aliphatic rings. The number of carboxylic acid groups (broad SMARTS) is 1. The Morgan fingerprint density at radius 1 is 1.05 bits per heavy atom. The molecule has 0 radical (unpaired) electrons. The van der Waals surface area contributed by atoms with E-state index in [0.717, 1.165) is 27.9 Å². The highest BCUT2D eigenvalue weighted by Crippen LogP contribution is 2.33. The number of aromatic carboxylic acids is 1. The molecule has 3 rings (SSSR count). The molecule has 0 aliphatic carbocycles. The Balaban J connectivity index is 2.10. The maximum atomic E-state index is 13.3. The molecule has 2 amide bonds. The molecule has 1 heterocycles. The zero-order valence-electron chi connectivity index (χ0n) is 24.6. The minimum absolute atomic E-state index is 0.00843. The lowest BCUT2D eigenvalue weighted by atomic mass is 9.88. The quantitative estimate of drug-likeness (QED) is 0.252. The van der Waals surface area contributed by atoms with Gasteiger partial charge in [0.1, 0.15) is 5.60 Å². The van der Waals surface area contributed by atoms with Crippen LogP contribution in [0.4, 0.5) is 10.5 Å². The topological polar surface area (TPSA) is 144 Å². The number of carboxylic acids is 1. The summed E-state index contributed by atoms with van der Waals surface area (Å²) in [4.78, 5) is 42.2. The number of nitrogens with zero attached hydrogens (tertiary/aromatic N) is 1. The summed E-state index contributed by atoms with van der Waals surface area (Å²) in [5, 5.41) is 15.0. The molecule has 0 unspecified atom stereocenters. The first-order chi connectivity index (χ1) is 19.3. The molecular formula is C32H40N4O5. The van der Waals surface area contributed by atoms with Crippen LogP contribution >= 0.6 is 0 Å². The number of amides is 2. The average molecular weight is 561 g/mol. The van der Waals surface area contributed by atoms with Gasteiger partial charge < -0.3 is 26.2 Å². The van der Waals surface area contributed by atoms with Gasteiger partial charge in [0.05, 0.1) is 12.0 Å². The van der Waals surface area contributed by atoms with E-state index in [9.17, 15) is 19.5 Å². The normalized spacial score (nSPS) is 11.3. The number of aryl methyl sites for hydroxylation is 1. The average Bonchev–Trinajstić information content (AvgIpc) is 2.88. The molecule has 0 spiro atoms. The van der Waals surface area contributed by atoms with Gasteiger partial charge in [0, 0.05) is 35.7 Å². The molecule has 0 fully saturated rings. The Hall–Kier alpha value is -4.24. The van der Waals surface area contributed by atoms with Crippen LogP contribution in [0.15, 0.2) is 48.5 Å². The maximum Gasteiger partial charge on any atom is 0.407 e. The minimum atomic E-state index is -1.08. The van der Waals surface area contributed by atoms with Crippen molar-refractivity contribution in [1.29, 1.82) is 0 Å². The molecule has 9 heteroatoms. The molecule has 0 aliphatic heterocycles. The number of aromatic nitrogens is 1. The third kappa shape index (κ3) is 8.88. The van der Waals surface area contributed by atoms with E-state index in [0.29, 0.717) is 35.8 Å². The number of hydrogen-bond acceptors (Lipinski definition) is 6. The summed E-state index contributed by atoms with van der Waals surface area (Å²) in [7, 11) is 0. The van der Waals surface area contributed by atoms with Crippen LogP contribution in [0.1, 0.15) is 73.1 Å². The third-order valence-electron chi connectivity index (χ3n) is 6.31. The lowest BCUT2D eigenvalue weighted by molar-refractivity contribution is -0.115. The second-order valence-corrected chi connectivity index (χ2v) is 11.4. The molecule has 5 N–H and O–H groups in total. The summed E-state index contributed by atoms with van der Waals surface area (Å²) in [6, 6.07) is 13.9. The van der Waals surface area contributed by atoms with Crippen LogP contribution < -0.4 is 16.4 Å². The lowest BCUT2D eigenvalue weighted by Gasteiger charge is -2.23. The Morgan fingerprint density at radius 2 is 1.73 bits per heavy atom. The van der Waals surface area contributed by atoms with Crippen molar-refractivity contribution in [3.05, 3.63) is 82.2 Å². The highest BCUT2D eigenvalue weighted by Gasteiger charge is 2.23. The number of rotatable bonds is 10. The van der Waals surface area contributed by atoms with Crippen molar-refractivity contribution in [3.63, 3.8) is 0 Å². The largest absolute Gasteiger partial charge is 0.478 e. The van der Waals surface area contributed by atoms with Crippen LogP contribution in [-0.4, -0.2) is 33.7 Å². The van der Waals surface area contributed by atoms with E-state index in [-0.39, 0.29) is 24.4 Å². The molecule has 9 nitrogen and oxygen atoms in total. The van der Waals surface area contributed by atoms with Crippen LogP contribution in [0.2, 0.25) is 0 Å². The van der Waals surface area contributed by atoms with Gasteiger partial charge in [-0.3, -0.25) is 9.78 Å². The number of hydrogen-bond donors (Lipinski definition) is 4. The number of benzene rings is 2. The minimum Gasteiger partial charge on any atom is -0.478 e. The van der Waals surface area contributed by atoms with Crippen LogP contribution in [0.3, 0.4) is 0 Å². The van der Waals surface area contributed by atoms with Gasteiger partial charge in [-0.05, 0) is 80.5 Å². The standard InChI is InChI=1S/C32H40N4O5/c1-19(2)14-27-26(18-34-31(40)41-32(4,5)6)29(22-12-10-21(17-33)11-13-22)25(20(3)35-27)16-28(37)36-24-9-7-8-23(15-24)30(38)39/h7-13,15,19H,14,16-18,33H2,1-6H3,(H,34,40)(H,36,37)(H,38,39). The number of carbonyl (C=O) groups is 3. The number of ether oxygens (including phenoxy) is 1. The second kappa shape index (κ2) is 13.4. The van der Waals surface area contributed by atoms with Crippen LogP contribution in [-0.2, 0) is 35.5 Å². The first-order valence-corrected chi connectivity index (χ1v) is 13.7. The van der Waals surface area contributed by atoms with E-state index in [2.05, 4.69) is 24.5 Å². The van der Waals surface area contributed by atoms with Gasteiger partial charge in [0.25, 0.3) is 0 Å². The molecule has 1 aromatic heterocycles. The number of nitrogens with two attached hydrogens (primary N) is 1. The first-order valence-electron chi connectivity index (χ1n) is 13.7. The number of anilines is 1. The zero-order chi connectivity index (χ0) is 30.3. The van der Waals surface area contributed by atoms with Gasteiger partial charge in [0.2, 0.25) is 5.91 Å². The molecule has 0 saturated heterocycles. The maximum absolute atomic E-state index is 13.3. The summed E-state index contributed by atoms with van der Waals surface area (Å²) in [5.41, 5.74) is 11.4. The summed E-state index contributed by atoms with van der Waals surface area (Å²) in [6.45, 7) is 12.0. The van der Waals surface area contributed by atoms with Gasteiger partial charge in [0.15, 0.2) is 0 Å². The summed E-state index contributed by atoms with van der Waals surface area (Å²) in [5.74, 6) is -1.10. The smallest absolute Gasteiger partial charge is 0.407 e. The Labute approximate surface area is 241 Å². The SMILES string of the molecule is Cc1nc(CC(C)C)c(CNC(=O)OC(C)(C)C)c(-c2ccc(CN)cc2)c1CC(=O)Nc1cccc(C(=O)O)c1. The van der Waals surface area contributed by atoms with E-state index in [4.69, 9.17) is 15.5 Å². The van der Waals surface area contributed by atoms with Crippen molar-refractivity contribution in [3.8, 4) is 11.1 Å². The number of nitrogens with one attached hydrogen (secondary N) is 2. The number of carbonyl (C=O) groups excluding carboxylic acids is 2. The lowest BCUT2D eigenvalue weighted by Crippen LogP contribution is -2.32. The molecule has 0 bridgehead atoms. The first kappa shape index (κ1) is 31.3. The highest BCUT2D eigenvalue weighted by atomic mass is 16.6. The Morgan fingerprint density at radius 3 is 2.32 bits per heavy atom. The van der Waals surface area contributed by atoms with Gasteiger partial charge in [-0.15, -0.1) is 0 Å². The molecule has 218 valence electrons. The molecule has 0 saturated carbocycles. The summed E-state index contributed by atoms with van der Waals surface area (Å²) < 4.78 is 5.48. The number of alkyl carbamates (subject to hydrolysis) is 1. The number of pyridine rings is 1. The molecule has 3 aromatic rings. The van der Waals surface area contributed by atoms with E-state index in [1.807, 2.05) is 31.2 Å². The van der Waals surface area contributed by atoms with E-state index in [1.165, 1.54) is 12.1 Å². The Bertz CT molecular complexity index is 1410. The van der Waals surface area contributed by atoms with Crippen molar-refractivity contribution < 1.29 is 24.2 Å². The second-order valence-electron chi connectivity index (χ2n) is 11.4. The molecular weight excluding hydrogens is 520 g/mol. The monoisotopic (exact) mass is 560 g/mol. The van der Waals surface area contributed by atoms with Gasteiger partial charge in [-0.25, -0.2) is 9.59 Å². The van der Waals surface area contributed by atoms with Crippen molar-refractivity contribution in [1.82, 2.24) is 10.3 Å².